The van der Waals surface area contributed by atoms with Crippen LogP contribution in [0.1, 0.15) is 34.8 Å². The molecule has 0 saturated heterocycles. The molecule has 0 aliphatic heterocycles. The van der Waals surface area contributed by atoms with Crippen molar-refractivity contribution in [2.75, 3.05) is 11.8 Å². The van der Waals surface area contributed by atoms with Crippen molar-refractivity contribution < 1.29 is 32.1 Å². The van der Waals surface area contributed by atoms with Gasteiger partial charge >= 0.3 is 16.3 Å². The van der Waals surface area contributed by atoms with E-state index in [9.17, 15) is 22.8 Å². The molecule has 3 atom stereocenters. The Bertz CT molecular complexity index is 1390. The smallest absolute Gasteiger partial charge is 0.357 e. The van der Waals surface area contributed by atoms with Crippen LogP contribution in [-0.4, -0.2) is 42.8 Å². The first-order chi connectivity index (χ1) is 18.5. The Hall–Kier alpha value is -3.81. The third-order valence-electron chi connectivity index (χ3n) is 5.99. The number of hydrogen-bond acceptors (Lipinski definition) is 8. The highest BCUT2D eigenvalue weighted by molar-refractivity contribution is 7.87. The van der Waals surface area contributed by atoms with Crippen molar-refractivity contribution in [2.45, 2.75) is 32.2 Å². The molecule has 3 aromatic rings. The molecule has 3 rings (SSSR count). The minimum Gasteiger partial charge on any atom is -0.468 e. The third kappa shape index (κ3) is 8.60. The second kappa shape index (κ2) is 13.3. The summed E-state index contributed by atoms with van der Waals surface area (Å²) in [5.41, 5.74) is 8.02. The molecule has 0 saturated carbocycles. The van der Waals surface area contributed by atoms with Gasteiger partial charge in [0.1, 0.15) is 10.9 Å². The average molecular weight is 575 g/mol. The van der Waals surface area contributed by atoms with Gasteiger partial charge in [0.25, 0.3) is 0 Å². The first-order valence-electron chi connectivity index (χ1n) is 12.0. The molecule has 2 unspecified atom stereocenters. The van der Waals surface area contributed by atoms with Crippen molar-refractivity contribution >= 4 is 45.1 Å². The number of primary amides is 1. The van der Waals surface area contributed by atoms with E-state index in [2.05, 4.69) is 10.3 Å². The van der Waals surface area contributed by atoms with Crippen molar-refractivity contribution in [3.05, 3.63) is 81.8 Å². The quantitative estimate of drug-likeness (QED) is 0.137. The number of ether oxygens (including phenoxy) is 1. The van der Waals surface area contributed by atoms with Gasteiger partial charge in [0.15, 0.2) is 0 Å². The number of carbonyl (C=O) groups excluding carboxylic acids is 3. The predicted molar refractivity (Wildman–Crippen MR) is 146 cm³/mol. The molecule has 5 N–H and O–H groups in total. The molecule has 2 amide bonds. The van der Waals surface area contributed by atoms with Gasteiger partial charge in [-0.15, -0.1) is 11.3 Å². The van der Waals surface area contributed by atoms with Gasteiger partial charge in [0, 0.05) is 5.38 Å². The van der Waals surface area contributed by atoms with E-state index < -0.39 is 46.0 Å². The molecule has 13 heteroatoms. The summed E-state index contributed by atoms with van der Waals surface area (Å²) in [6, 6.07) is 14.5. The summed E-state index contributed by atoms with van der Waals surface area (Å²) in [5.74, 6) is -5.11. The second-order valence-electron chi connectivity index (χ2n) is 8.77. The van der Waals surface area contributed by atoms with Gasteiger partial charge in [-0.25, -0.2) is 4.98 Å². The van der Waals surface area contributed by atoms with Crippen LogP contribution in [0, 0.1) is 11.8 Å². The van der Waals surface area contributed by atoms with E-state index >= 15 is 0 Å². The van der Waals surface area contributed by atoms with E-state index in [-0.39, 0.29) is 18.5 Å². The van der Waals surface area contributed by atoms with Crippen LogP contribution in [0.4, 0.5) is 5.69 Å². The summed E-state index contributed by atoms with van der Waals surface area (Å²) in [4.78, 5) is 43.2. The van der Waals surface area contributed by atoms with Crippen LogP contribution >= 0.6 is 11.3 Å². The summed E-state index contributed by atoms with van der Waals surface area (Å²) >= 11 is 1.36. The maximum absolute atomic E-state index is 13.7. The maximum atomic E-state index is 13.7. The summed E-state index contributed by atoms with van der Waals surface area (Å²) in [7, 11) is -3.30. The largest absolute Gasteiger partial charge is 0.468 e. The van der Waals surface area contributed by atoms with Gasteiger partial charge in [-0.1, -0.05) is 49.4 Å². The van der Waals surface area contributed by atoms with E-state index in [0.717, 1.165) is 23.9 Å². The van der Waals surface area contributed by atoms with Crippen LogP contribution in [0.3, 0.4) is 0 Å². The standard InChI is InChI=1S/C26H30N4O7S2/c1-3-18-15-38-25(28-18)21(14-17-9-11-19(12-10-17)30-39(34,35)36)29-24(32)20(13-16-7-5-4-6-8-16)22(23(27)31)26(33)37-2/h4-12,15,20-22,30H,3,13-14H2,1-2H3,(H2,27,31)(H,29,32)(H,34,35,36)/t20?,21-,22?/m0/s1. The summed E-state index contributed by atoms with van der Waals surface area (Å²) in [5, 5.41) is 5.45. The van der Waals surface area contributed by atoms with Crippen molar-refractivity contribution in [3.63, 3.8) is 0 Å². The fourth-order valence-corrected chi connectivity index (χ4v) is 5.44. The molecule has 0 bridgehead atoms. The van der Waals surface area contributed by atoms with E-state index in [4.69, 9.17) is 15.0 Å². The molecule has 11 nitrogen and oxygen atoms in total. The van der Waals surface area contributed by atoms with Crippen LogP contribution in [0.5, 0.6) is 0 Å². The molecule has 208 valence electrons. The number of rotatable bonds is 13. The molecule has 39 heavy (non-hydrogen) atoms. The molecule has 0 aliphatic carbocycles. The zero-order valence-electron chi connectivity index (χ0n) is 21.4. The van der Waals surface area contributed by atoms with Gasteiger partial charge in [-0.05, 0) is 42.5 Å². The van der Waals surface area contributed by atoms with Crippen LogP contribution in [-0.2, 0) is 48.7 Å². The van der Waals surface area contributed by atoms with Crippen LogP contribution in [0.2, 0.25) is 0 Å². The molecule has 0 radical (unpaired) electrons. The Morgan fingerprint density at radius 2 is 1.69 bits per heavy atom. The predicted octanol–water partition coefficient (Wildman–Crippen LogP) is 2.45. The lowest BCUT2D eigenvalue weighted by atomic mass is 9.85. The lowest BCUT2D eigenvalue weighted by molar-refractivity contribution is -0.154. The second-order valence-corrected chi connectivity index (χ2v) is 10.8. The topological polar surface area (TPSA) is 178 Å². The monoisotopic (exact) mass is 574 g/mol. The van der Waals surface area contributed by atoms with E-state index in [0.29, 0.717) is 11.4 Å². The highest BCUT2D eigenvalue weighted by Gasteiger charge is 2.40. The number of carbonyl (C=O) groups is 3. The Kier molecular flexibility index (Phi) is 10.2. The first-order valence-corrected chi connectivity index (χ1v) is 14.3. The lowest BCUT2D eigenvalue weighted by Crippen LogP contribution is -2.46. The van der Waals surface area contributed by atoms with Crippen molar-refractivity contribution in [3.8, 4) is 0 Å². The van der Waals surface area contributed by atoms with Crippen molar-refractivity contribution in [2.24, 2.45) is 17.6 Å². The fraction of sp³-hybridized carbons (Fsp3) is 0.308. The number of nitrogens with one attached hydrogen (secondary N) is 2. The number of amides is 2. The number of methoxy groups -OCH3 is 1. The van der Waals surface area contributed by atoms with Crippen molar-refractivity contribution in [1.29, 1.82) is 0 Å². The lowest BCUT2D eigenvalue weighted by Gasteiger charge is -2.25. The minimum atomic E-state index is -4.42. The van der Waals surface area contributed by atoms with Crippen molar-refractivity contribution in [1.82, 2.24) is 10.3 Å². The highest BCUT2D eigenvalue weighted by Crippen LogP contribution is 2.26. The highest BCUT2D eigenvalue weighted by atomic mass is 32.2. The molecule has 2 aromatic carbocycles. The van der Waals surface area contributed by atoms with E-state index in [1.165, 1.54) is 23.5 Å². The molecule has 0 fully saturated rings. The van der Waals surface area contributed by atoms with Gasteiger partial charge in [-0.3, -0.25) is 23.7 Å². The van der Waals surface area contributed by atoms with Gasteiger partial charge < -0.3 is 15.8 Å². The first kappa shape index (κ1) is 29.7. The number of nitrogens with two attached hydrogens (primary N) is 1. The van der Waals surface area contributed by atoms with Gasteiger partial charge in [-0.2, -0.15) is 8.42 Å². The summed E-state index contributed by atoms with van der Waals surface area (Å²) in [6.07, 6.45) is 1.03. The third-order valence-corrected chi connectivity index (χ3v) is 7.49. The van der Waals surface area contributed by atoms with Gasteiger partial charge in [0.2, 0.25) is 11.8 Å². The summed E-state index contributed by atoms with van der Waals surface area (Å²) < 4.78 is 38.0. The molecule has 1 heterocycles. The van der Waals surface area contributed by atoms with Crippen LogP contribution in [0.25, 0.3) is 0 Å². The number of aryl methyl sites for hydroxylation is 1. The number of nitrogens with zero attached hydrogens (tertiary/aromatic N) is 1. The molecular weight excluding hydrogens is 544 g/mol. The van der Waals surface area contributed by atoms with Crippen LogP contribution in [0.15, 0.2) is 60.0 Å². The molecule has 1 aromatic heterocycles. The zero-order valence-corrected chi connectivity index (χ0v) is 23.0. The number of benzene rings is 2. The average Bonchev–Trinajstić information content (AvgIpc) is 3.38. The number of esters is 1. The Labute approximate surface area is 230 Å². The molecule has 0 spiro atoms. The Morgan fingerprint density at radius 3 is 2.23 bits per heavy atom. The normalized spacial score (nSPS) is 13.6. The SMILES string of the molecule is CCc1csc([C@H](Cc2ccc(NS(=O)(=O)O)cc2)NC(=O)C(Cc2ccccc2)C(C(N)=O)C(=O)OC)n1. The van der Waals surface area contributed by atoms with E-state index in [1.54, 1.807) is 36.4 Å². The number of aromatic nitrogens is 1. The summed E-state index contributed by atoms with van der Waals surface area (Å²) in [6.45, 7) is 1.96. The van der Waals surface area contributed by atoms with E-state index in [1.807, 2.05) is 23.1 Å². The Balaban J connectivity index is 1.93. The number of hydrogen-bond donors (Lipinski definition) is 4. The minimum absolute atomic E-state index is 0.0657. The number of thiazole rings is 1. The van der Waals surface area contributed by atoms with Gasteiger partial charge in [0.05, 0.1) is 30.5 Å². The number of anilines is 1. The molecule has 0 aliphatic rings. The van der Waals surface area contributed by atoms with Crippen LogP contribution < -0.4 is 15.8 Å². The maximum Gasteiger partial charge on any atom is 0.357 e. The fourth-order valence-electron chi connectivity index (χ4n) is 4.05. The Morgan fingerprint density at radius 1 is 1.05 bits per heavy atom. The zero-order chi connectivity index (χ0) is 28.6. The molecular formula is C26H30N4O7S2.